The van der Waals surface area contributed by atoms with Gasteiger partial charge in [-0.05, 0) is 31.7 Å². The van der Waals surface area contributed by atoms with Crippen LogP contribution in [0.2, 0.25) is 5.02 Å². The average molecular weight is 237 g/mol. The van der Waals surface area contributed by atoms with Gasteiger partial charge in [0, 0.05) is 12.2 Å². The SMILES string of the molecule is CC(C1CC1)n1c(N)nc2cc(Cl)cnc21. The van der Waals surface area contributed by atoms with Crippen LogP contribution in [0.3, 0.4) is 0 Å². The lowest BCUT2D eigenvalue weighted by atomic mass is 10.2. The van der Waals surface area contributed by atoms with Crippen molar-refractivity contribution >= 4 is 28.7 Å². The minimum absolute atomic E-state index is 0.374. The molecule has 1 aliphatic rings. The average Bonchev–Trinajstić information content (AvgIpc) is 3.01. The van der Waals surface area contributed by atoms with Crippen molar-refractivity contribution in [1.29, 1.82) is 0 Å². The first-order chi connectivity index (χ1) is 7.66. The zero-order valence-corrected chi connectivity index (χ0v) is 9.78. The van der Waals surface area contributed by atoms with Gasteiger partial charge in [0.15, 0.2) is 5.65 Å². The summed E-state index contributed by atoms with van der Waals surface area (Å²) in [4.78, 5) is 8.62. The molecule has 2 heterocycles. The summed E-state index contributed by atoms with van der Waals surface area (Å²) in [7, 11) is 0. The molecule has 2 aromatic rings. The second-order valence-electron chi connectivity index (χ2n) is 4.41. The molecule has 1 atom stereocenters. The minimum atomic E-state index is 0.374. The van der Waals surface area contributed by atoms with Gasteiger partial charge in [-0.3, -0.25) is 4.57 Å². The first kappa shape index (κ1) is 9.90. The highest BCUT2D eigenvalue weighted by Gasteiger charge is 2.31. The fraction of sp³-hybridized carbons (Fsp3) is 0.455. The maximum atomic E-state index is 5.94. The van der Waals surface area contributed by atoms with Crippen LogP contribution in [0.1, 0.15) is 25.8 Å². The standard InChI is InChI=1S/C11H13ClN4/c1-6(7-2-3-7)16-10-9(15-11(16)13)4-8(12)5-14-10/h4-7H,2-3H2,1H3,(H2,13,15). The molecule has 84 valence electrons. The Kier molecular flexibility index (Phi) is 2.07. The largest absolute Gasteiger partial charge is 0.369 e. The molecule has 2 aromatic heterocycles. The summed E-state index contributed by atoms with van der Waals surface area (Å²) in [5.41, 5.74) is 7.55. The summed E-state index contributed by atoms with van der Waals surface area (Å²) >= 11 is 5.88. The van der Waals surface area contributed by atoms with Gasteiger partial charge >= 0.3 is 0 Å². The number of hydrogen-bond acceptors (Lipinski definition) is 3. The van der Waals surface area contributed by atoms with Gasteiger partial charge in [0.05, 0.1) is 5.02 Å². The van der Waals surface area contributed by atoms with Crippen molar-refractivity contribution in [2.24, 2.45) is 5.92 Å². The maximum absolute atomic E-state index is 5.94. The van der Waals surface area contributed by atoms with Crippen LogP contribution in [-0.4, -0.2) is 14.5 Å². The van der Waals surface area contributed by atoms with Crippen LogP contribution in [-0.2, 0) is 0 Å². The highest BCUT2D eigenvalue weighted by atomic mass is 35.5. The molecule has 1 aliphatic carbocycles. The quantitative estimate of drug-likeness (QED) is 0.872. The smallest absolute Gasteiger partial charge is 0.202 e. The van der Waals surface area contributed by atoms with E-state index >= 15 is 0 Å². The molecule has 3 rings (SSSR count). The molecule has 5 heteroatoms. The lowest BCUT2D eigenvalue weighted by molar-refractivity contribution is 0.501. The van der Waals surface area contributed by atoms with Gasteiger partial charge in [0.25, 0.3) is 0 Å². The Balaban J connectivity index is 2.18. The maximum Gasteiger partial charge on any atom is 0.202 e. The van der Waals surface area contributed by atoms with Crippen LogP contribution in [0.4, 0.5) is 5.95 Å². The van der Waals surface area contributed by atoms with Crippen LogP contribution in [0, 0.1) is 5.92 Å². The van der Waals surface area contributed by atoms with Crippen molar-refractivity contribution in [3.63, 3.8) is 0 Å². The minimum Gasteiger partial charge on any atom is -0.369 e. The van der Waals surface area contributed by atoms with Gasteiger partial charge in [-0.1, -0.05) is 11.6 Å². The molecule has 0 saturated heterocycles. The number of pyridine rings is 1. The van der Waals surface area contributed by atoms with E-state index in [2.05, 4.69) is 16.9 Å². The fourth-order valence-corrected chi connectivity index (χ4v) is 2.32. The Morgan fingerprint density at radius 1 is 1.56 bits per heavy atom. The number of imidazole rings is 1. The van der Waals surface area contributed by atoms with Crippen LogP contribution in [0.25, 0.3) is 11.2 Å². The van der Waals surface area contributed by atoms with Gasteiger partial charge in [0.2, 0.25) is 5.95 Å². The van der Waals surface area contributed by atoms with Gasteiger partial charge < -0.3 is 5.73 Å². The molecule has 0 aromatic carbocycles. The molecule has 0 amide bonds. The van der Waals surface area contributed by atoms with E-state index < -0.39 is 0 Å². The third-order valence-electron chi connectivity index (χ3n) is 3.24. The Bertz CT molecular complexity index is 544. The van der Waals surface area contributed by atoms with E-state index in [1.54, 1.807) is 12.3 Å². The lowest BCUT2D eigenvalue weighted by Gasteiger charge is -2.13. The lowest BCUT2D eigenvalue weighted by Crippen LogP contribution is -2.11. The van der Waals surface area contributed by atoms with Crippen LogP contribution in [0.5, 0.6) is 0 Å². The van der Waals surface area contributed by atoms with Gasteiger partial charge in [0.1, 0.15) is 5.52 Å². The van der Waals surface area contributed by atoms with E-state index in [1.165, 1.54) is 12.8 Å². The van der Waals surface area contributed by atoms with Crippen molar-refractivity contribution < 1.29 is 0 Å². The van der Waals surface area contributed by atoms with Crippen molar-refractivity contribution in [2.45, 2.75) is 25.8 Å². The second-order valence-corrected chi connectivity index (χ2v) is 4.85. The number of anilines is 1. The first-order valence-corrected chi connectivity index (χ1v) is 5.83. The number of nitrogens with zero attached hydrogens (tertiary/aromatic N) is 3. The van der Waals surface area contributed by atoms with Crippen LogP contribution >= 0.6 is 11.6 Å². The van der Waals surface area contributed by atoms with Gasteiger partial charge in [-0.25, -0.2) is 9.97 Å². The van der Waals surface area contributed by atoms with Crippen molar-refractivity contribution in [3.05, 3.63) is 17.3 Å². The highest BCUT2D eigenvalue weighted by molar-refractivity contribution is 6.31. The number of hydrogen-bond donors (Lipinski definition) is 1. The normalized spacial score (nSPS) is 17.9. The highest BCUT2D eigenvalue weighted by Crippen LogP contribution is 2.41. The monoisotopic (exact) mass is 236 g/mol. The van der Waals surface area contributed by atoms with Crippen molar-refractivity contribution in [2.75, 3.05) is 5.73 Å². The molecule has 1 fully saturated rings. The van der Waals surface area contributed by atoms with Gasteiger partial charge in [-0.15, -0.1) is 0 Å². The molecule has 0 bridgehead atoms. The molecular weight excluding hydrogens is 224 g/mol. The third kappa shape index (κ3) is 1.45. The first-order valence-electron chi connectivity index (χ1n) is 5.46. The third-order valence-corrected chi connectivity index (χ3v) is 3.44. The van der Waals surface area contributed by atoms with Crippen LogP contribution < -0.4 is 5.73 Å². The van der Waals surface area contributed by atoms with E-state index in [4.69, 9.17) is 17.3 Å². The number of aromatic nitrogens is 3. The number of halogens is 1. The summed E-state index contributed by atoms with van der Waals surface area (Å²) in [6.07, 6.45) is 4.18. The molecule has 0 spiro atoms. The second kappa shape index (κ2) is 3.35. The number of rotatable bonds is 2. The molecule has 1 unspecified atom stereocenters. The number of nitrogens with two attached hydrogens (primary N) is 1. The molecule has 1 saturated carbocycles. The summed E-state index contributed by atoms with van der Waals surface area (Å²) in [6, 6.07) is 2.18. The zero-order valence-electron chi connectivity index (χ0n) is 9.02. The zero-order chi connectivity index (χ0) is 11.3. The predicted molar refractivity (Wildman–Crippen MR) is 64.4 cm³/mol. The predicted octanol–water partition coefficient (Wildman–Crippen LogP) is 2.64. The van der Waals surface area contributed by atoms with E-state index in [1.807, 2.05) is 4.57 Å². The summed E-state index contributed by atoms with van der Waals surface area (Å²) < 4.78 is 2.02. The van der Waals surface area contributed by atoms with E-state index in [0.29, 0.717) is 17.0 Å². The van der Waals surface area contributed by atoms with Crippen molar-refractivity contribution in [3.8, 4) is 0 Å². The molecule has 4 nitrogen and oxygen atoms in total. The molecule has 16 heavy (non-hydrogen) atoms. The van der Waals surface area contributed by atoms with Crippen LogP contribution in [0.15, 0.2) is 12.3 Å². The topological polar surface area (TPSA) is 56.7 Å². The van der Waals surface area contributed by atoms with Crippen molar-refractivity contribution in [1.82, 2.24) is 14.5 Å². The Morgan fingerprint density at radius 3 is 3.00 bits per heavy atom. The van der Waals surface area contributed by atoms with E-state index in [9.17, 15) is 0 Å². The van der Waals surface area contributed by atoms with Gasteiger partial charge in [-0.2, -0.15) is 0 Å². The molecule has 0 aliphatic heterocycles. The molecule has 0 radical (unpaired) electrons. The Labute approximate surface area is 98.4 Å². The Hall–Kier alpha value is -1.29. The molecular formula is C11H13ClN4. The Morgan fingerprint density at radius 2 is 2.31 bits per heavy atom. The van der Waals surface area contributed by atoms with E-state index in [0.717, 1.165) is 17.1 Å². The summed E-state index contributed by atoms with van der Waals surface area (Å²) in [5.74, 6) is 1.25. The summed E-state index contributed by atoms with van der Waals surface area (Å²) in [6.45, 7) is 2.17. The molecule has 2 N–H and O–H groups in total. The number of fused-ring (bicyclic) bond motifs is 1. The number of nitrogen functional groups attached to an aromatic ring is 1. The summed E-state index contributed by atoms with van der Waals surface area (Å²) in [5, 5.41) is 0.594. The van der Waals surface area contributed by atoms with E-state index in [-0.39, 0.29) is 0 Å². The fourth-order valence-electron chi connectivity index (χ4n) is 2.17.